The maximum absolute atomic E-state index is 13.0. The van der Waals surface area contributed by atoms with Crippen molar-refractivity contribution >= 4 is 29.2 Å². The monoisotopic (exact) mass is 386 g/mol. The van der Waals surface area contributed by atoms with Crippen LogP contribution in [-0.2, 0) is 19.1 Å². The second kappa shape index (κ2) is 8.51. The molecule has 2 aromatic carbocycles. The molecule has 1 atom stereocenters. The average Bonchev–Trinajstić information content (AvgIpc) is 3.09. The molecule has 2 aromatic rings. The molecule has 1 heterocycles. The Morgan fingerprint density at radius 3 is 2.46 bits per heavy atom. The molecule has 0 bridgehead atoms. The van der Waals surface area contributed by atoms with Crippen LogP contribution in [0.25, 0.3) is 0 Å². The number of halogens is 1. The van der Waals surface area contributed by atoms with Crippen molar-refractivity contribution in [3.8, 4) is 5.75 Å². The molecule has 146 valence electrons. The van der Waals surface area contributed by atoms with E-state index in [9.17, 15) is 18.8 Å². The quantitative estimate of drug-likeness (QED) is 0.771. The van der Waals surface area contributed by atoms with Gasteiger partial charge in [0.05, 0.1) is 13.0 Å². The molecule has 3 rings (SSSR count). The van der Waals surface area contributed by atoms with E-state index >= 15 is 0 Å². The Bertz CT molecular complexity index is 867. The van der Waals surface area contributed by atoms with Gasteiger partial charge in [0.1, 0.15) is 11.6 Å². The third-order valence-corrected chi connectivity index (χ3v) is 4.32. The number of hydrogen-bond donors (Lipinski definition) is 1. The van der Waals surface area contributed by atoms with E-state index in [1.165, 1.54) is 36.3 Å². The lowest BCUT2D eigenvalue weighted by Crippen LogP contribution is -2.28. The van der Waals surface area contributed by atoms with E-state index < -0.39 is 30.2 Å². The van der Waals surface area contributed by atoms with Gasteiger partial charge in [-0.25, -0.2) is 4.39 Å². The van der Waals surface area contributed by atoms with Crippen molar-refractivity contribution in [2.45, 2.75) is 6.42 Å². The first kappa shape index (κ1) is 19.3. The fraction of sp³-hybridized carbons (Fsp3) is 0.250. The van der Waals surface area contributed by atoms with Crippen LogP contribution >= 0.6 is 0 Å². The molecule has 0 aliphatic carbocycles. The summed E-state index contributed by atoms with van der Waals surface area (Å²) >= 11 is 0. The van der Waals surface area contributed by atoms with Crippen molar-refractivity contribution in [2.75, 3.05) is 30.5 Å². The van der Waals surface area contributed by atoms with Gasteiger partial charge >= 0.3 is 5.97 Å². The third kappa shape index (κ3) is 4.64. The SMILES string of the molecule is COc1ccc(NC(=O)COC(=O)[C@H]2CC(=O)N(c3ccc(F)cc3)C2)cc1. The standard InChI is InChI=1S/C20H19FN2O5/c1-27-17-8-4-15(5-9-17)22-18(24)12-28-20(26)13-10-19(25)23(11-13)16-6-2-14(21)3-7-16/h2-9,13H,10-12H2,1H3,(H,22,24)/t13-/m0/s1. The molecule has 1 aliphatic heterocycles. The lowest BCUT2D eigenvalue weighted by molar-refractivity contribution is -0.151. The summed E-state index contributed by atoms with van der Waals surface area (Å²) in [5, 5.41) is 2.60. The van der Waals surface area contributed by atoms with Crippen LogP contribution < -0.4 is 15.0 Å². The first-order chi connectivity index (χ1) is 13.5. The van der Waals surface area contributed by atoms with Crippen LogP contribution in [0.3, 0.4) is 0 Å². The Hall–Kier alpha value is -3.42. The molecule has 1 N–H and O–H groups in total. The first-order valence-corrected chi connectivity index (χ1v) is 8.62. The zero-order valence-electron chi connectivity index (χ0n) is 15.2. The number of amides is 2. The molecule has 1 fully saturated rings. The Balaban J connectivity index is 1.49. The highest BCUT2D eigenvalue weighted by Crippen LogP contribution is 2.26. The van der Waals surface area contributed by atoms with Crippen LogP contribution in [0.15, 0.2) is 48.5 Å². The maximum atomic E-state index is 13.0. The van der Waals surface area contributed by atoms with Crippen LogP contribution in [0, 0.1) is 11.7 Å². The van der Waals surface area contributed by atoms with E-state index in [1.807, 2.05) is 0 Å². The van der Waals surface area contributed by atoms with Crippen molar-refractivity contribution in [3.05, 3.63) is 54.3 Å². The van der Waals surface area contributed by atoms with Gasteiger partial charge in [0.15, 0.2) is 6.61 Å². The molecule has 0 saturated carbocycles. The van der Waals surface area contributed by atoms with E-state index in [0.29, 0.717) is 17.1 Å². The number of carbonyl (C=O) groups excluding carboxylic acids is 3. The molecule has 7 nitrogen and oxygen atoms in total. The van der Waals surface area contributed by atoms with Crippen LogP contribution in [0.2, 0.25) is 0 Å². The second-order valence-electron chi connectivity index (χ2n) is 6.27. The minimum absolute atomic E-state index is 0.0176. The lowest BCUT2D eigenvalue weighted by Gasteiger charge is -2.16. The second-order valence-corrected chi connectivity index (χ2v) is 6.27. The van der Waals surface area contributed by atoms with Gasteiger partial charge in [-0.3, -0.25) is 14.4 Å². The smallest absolute Gasteiger partial charge is 0.311 e. The molecule has 2 amide bonds. The van der Waals surface area contributed by atoms with E-state index in [2.05, 4.69) is 5.32 Å². The Morgan fingerprint density at radius 2 is 1.82 bits per heavy atom. The van der Waals surface area contributed by atoms with Gasteiger partial charge in [-0.2, -0.15) is 0 Å². The topological polar surface area (TPSA) is 84.9 Å². The highest BCUT2D eigenvalue weighted by atomic mass is 19.1. The number of benzene rings is 2. The van der Waals surface area contributed by atoms with Gasteiger partial charge in [-0.1, -0.05) is 0 Å². The van der Waals surface area contributed by atoms with E-state index in [4.69, 9.17) is 9.47 Å². The van der Waals surface area contributed by atoms with Crippen LogP contribution in [0.5, 0.6) is 5.75 Å². The molecule has 28 heavy (non-hydrogen) atoms. The fourth-order valence-corrected chi connectivity index (χ4v) is 2.86. The van der Waals surface area contributed by atoms with Crippen molar-refractivity contribution in [3.63, 3.8) is 0 Å². The van der Waals surface area contributed by atoms with Crippen LogP contribution in [0.4, 0.5) is 15.8 Å². The van der Waals surface area contributed by atoms with Gasteiger partial charge in [-0.15, -0.1) is 0 Å². The first-order valence-electron chi connectivity index (χ1n) is 8.62. The molecule has 1 aliphatic rings. The van der Waals surface area contributed by atoms with Gasteiger partial charge in [0.2, 0.25) is 5.91 Å². The number of hydrogen-bond acceptors (Lipinski definition) is 5. The van der Waals surface area contributed by atoms with Crippen molar-refractivity contribution in [1.82, 2.24) is 0 Å². The van der Waals surface area contributed by atoms with Crippen LogP contribution in [0.1, 0.15) is 6.42 Å². The summed E-state index contributed by atoms with van der Waals surface area (Å²) in [5.41, 5.74) is 1.05. The van der Waals surface area contributed by atoms with Gasteiger partial charge in [0.25, 0.3) is 5.91 Å². The number of methoxy groups -OCH3 is 1. The summed E-state index contributed by atoms with van der Waals surface area (Å²) in [6.07, 6.45) is -0.0176. The number of ether oxygens (including phenoxy) is 2. The highest BCUT2D eigenvalue weighted by molar-refractivity contribution is 6.00. The minimum atomic E-state index is -0.675. The largest absolute Gasteiger partial charge is 0.497 e. The van der Waals surface area contributed by atoms with Crippen molar-refractivity contribution in [1.29, 1.82) is 0 Å². The molecule has 0 radical (unpaired) electrons. The van der Waals surface area contributed by atoms with Crippen LogP contribution in [-0.4, -0.2) is 38.0 Å². The van der Waals surface area contributed by atoms with Gasteiger partial charge in [0, 0.05) is 24.3 Å². The zero-order chi connectivity index (χ0) is 20.1. The number of rotatable bonds is 6. The van der Waals surface area contributed by atoms with E-state index in [1.54, 1.807) is 24.3 Å². The zero-order valence-corrected chi connectivity index (χ0v) is 15.2. The average molecular weight is 386 g/mol. The predicted molar refractivity (Wildman–Crippen MR) is 99.4 cm³/mol. The lowest BCUT2D eigenvalue weighted by atomic mass is 10.1. The van der Waals surface area contributed by atoms with E-state index in [-0.39, 0.29) is 18.9 Å². The fourth-order valence-electron chi connectivity index (χ4n) is 2.86. The van der Waals surface area contributed by atoms with Gasteiger partial charge in [-0.05, 0) is 48.5 Å². The predicted octanol–water partition coefficient (Wildman–Crippen LogP) is 2.37. The summed E-state index contributed by atoms with van der Waals surface area (Å²) in [6, 6.07) is 12.1. The number of nitrogens with zero attached hydrogens (tertiary/aromatic N) is 1. The summed E-state index contributed by atoms with van der Waals surface area (Å²) < 4.78 is 23.1. The van der Waals surface area contributed by atoms with Gasteiger partial charge < -0.3 is 19.7 Å². The Labute approximate surface area is 161 Å². The number of esters is 1. The molecule has 0 spiro atoms. The van der Waals surface area contributed by atoms with Crippen molar-refractivity contribution < 1.29 is 28.2 Å². The molecular formula is C20H19FN2O5. The maximum Gasteiger partial charge on any atom is 0.311 e. The number of carbonyl (C=O) groups is 3. The summed E-state index contributed by atoms with van der Waals surface area (Å²) in [7, 11) is 1.54. The molecular weight excluding hydrogens is 367 g/mol. The van der Waals surface area contributed by atoms with Crippen molar-refractivity contribution in [2.24, 2.45) is 5.92 Å². The molecule has 8 heteroatoms. The highest BCUT2D eigenvalue weighted by Gasteiger charge is 2.36. The Morgan fingerprint density at radius 1 is 1.14 bits per heavy atom. The number of nitrogens with one attached hydrogen (secondary N) is 1. The molecule has 0 aromatic heterocycles. The summed E-state index contributed by atoms with van der Waals surface area (Å²) in [6.45, 7) is -0.324. The molecule has 1 saturated heterocycles. The summed E-state index contributed by atoms with van der Waals surface area (Å²) in [5.74, 6) is -1.79. The minimum Gasteiger partial charge on any atom is -0.497 e. The Kier molecular flexibility index (Phi) is 5.88. The normalized spacial score (nSPS) is 16.0. The van der Waals surface area contributed by atoms with E-state index in [0.717, 1.165) is 0 Å². The summed E-state index contributed by atoms with van der Waals surface area (Å²) in [4.78, 5) is 37.7. The number of anilines is 2. The third-order valence-electron chi connectivity index (χ3n) is 4.32. The molecule has 0 unspecified atom stereocenters.